The Morgan fingerprint density at radius 2 is 2.00 bits per heavy atom. The van der Waals surface area contributed by atoms with E-state index in [9.17, 15) is 17.9 Å². The average molecular weight is 302 g/mol. The fraction of sp³-hybridized carbons (Fsp3) is 0.538. The van der Waals surface area contributed by atoms with Crippen LogP contribution in [0.25, 0.3) is 0 Å². The minimum Gasteiger partial charge on any atom is -0.399 e. The standard InChI is InChI=1S/C13H19FN2O3S/c1-8-10(14)6-9(15)7-13(8)20(18,19)16-11-4-2-3-5-12(11)17/h6-7,11-12,16-17H,2-5,15H2,1H3/t11-,12-/m0/s1. The molecule has 1 aliphatic rings. The second kappa shape index (κ2) is 5.67. The fourth-order valence-electron chi connectivity index (χ4n) is 2.46. The summed E-state index contributed by atoms with van der Waals surface area (Å²) in [5.74, 6) is -0.658. The molecule has 0 unspecified atom stereocenters. The summed E-state index contributed by atoms with van der Waals surface area (Å²) in [4.78, 5) is -0.173. The van der Waals surface area contributed by atoms with Gasteiger partial charge in [-0.2, -0.15) is 0 Å². The minimum atomic E-state index is -3.90. The Labute approximate surface area is 118 Å². The van der Waals surface area contributed by atoms with Gasteiger partial charge in [-0.25, -0.2) is 17.5 Å². The largest absolute Gasteiger partial charge is 0.399 e. The number of halogens is 1. The van der Waals surface area contributed by atoms with Crippen molar-refractivity contribution in [2.24, 2.45) is 0 Å². The van der Waals surface area contributed by atoms with Gasteiger partial charge in [0, 0.05) is 17.3 Å². The Morgan fingerprint density at radius 3 is 2.65 bits per heavy atom. The second-order valence-corrected chi connectivity index (χ2v) is 6.89. The number of anilines is 1. The molecule has 7 heteroatoms. The zero-order chi connectivity index (χ0) is 14.9. The van der Waals surface area contributed by atoms with Crippen molar-refractivity contribution in [1.82, 2.24) is 4.72 Å². The van der Waals surface area contributed by atoms with E-state index in [0.717, 1.165) is 18.9 Å². The molecule has 1 fully saturated rings. The summed E-state index contributed by atoms with van der Waals surface area (Å²) in [5, 5.41) is 9.83. The summed E-state index contributed by atoms with van der Waals surface area (Å²) < 4.78 is 40.7. The molecule has 2 atom stereocenters. The van der Waals surface area contributed by atoms with E-state index in [1.165, 1.54) is 13.0 Å². The van der Waals surface area contributed by atoms with Crippen LogP contribution in [0.15, 0.2) is 17.0 Å². The van der Waals surface area contributed by atoms with Gasteiger partial charge in [-0.15, -0.1) is 0 Å². The molecular weight excluding hydrogens is 283 g/mol. The van der Waals surface area contributed by atoms with E-state index in [4.69, 9.17) is 5.73 Å². The molecule has 5 nitrogen and oxygen atoms in total. The van der Waals surface area contributed by atoms with Gasteiger partial charge in [-0.3, -0.25) is 0 Å². The predicted octanol–water partition coefficient (Wildman–Crippen LogP) is 1.30. The lowest BCUT2D eigenvalue weighted by atomic mass is 9.93. The Morgan fingerprint density at radius 1 is 1.35 bits per heavy atom. The monoisotopic (exact) mass is 302 g/mol. The number of nitrogen functional groups attached to an aromatic ring is 1. The SMILES string of the molecule is Cc1c(F)cc(N)cc1S(=O)(=O)N[C@H]1CCCC[C@@H]1O. The van der Waals surface area contributed by atoms with Crippen molar-refractivity contribution in [3.8, 4) is 0 Å². The molecule has 0 saturated heterocycles. The third kappa shape index (κ3) is 3.11. The van der Waals surface area contributed by atoms with Crippen LogP contribution in [-0.2, 0) is 10.0 Å². The summed E-state index contributed by atoms with van der Waals surface area (Å²) in [6, 6.07) is 1.79. The van der Waals surface area contributed by atoms with Gasteiger partial charge in [-0.1, -0.05) is 12.8 Å². The van der Waals surface area contributed by atoms with Crippen LogP contribution in [0.5, 0.6) is 0 Å². The molecule has 0 aromatic heterocycles. The molecular formula is C13H19FN2O3S. The lowest BCUT2D eigenvalue weighted by Crippen LogP contribution is -2.45. The van der Waals surface area contributed by atoms with E-state index in [1.807, 2.05) is 0 Å². The maximum absolute atomic E-state index is 13.6. The van der Waals surface area contributed by atoms with Crippen LogP contribution in [-0.4, -0.2) is 25.7 Å². The summed E-state index contributed by atoms with van der Waals surface area (Å²) in [7, 11) is -3.90. The number of hydrogen-bond donors (Lipinski definition) is 3. The highest BCUT2D eigenvalue weighted by molar-refractivity contribution is 7.89. The van der Waals surface area contributed by atoms with Crippen LogP contribution in [0.3, 0.4) is 0 Å². The number of hydrogen-bond acceptors (Lipinski definition) is 4. The van der Waals surface area contributed by atoms with Crippen molar-refractivity contribution in [2.75, 3.05) is 5.73 Å². The van der Waals surface area contributed by atoms with Crippen molar-refractivity contribution >= 4 is 15.7 Å². The van der Waals surface area contributed by atoms with Gasteiger partial charge >= 0.3 is 0 Å². The number of benzene rings is 1. The van der Waals surface area contributed by atoms with Gasteiger partial charge in [0.15, 0.2) is 0 Å². The Hall–Kier alpha value is -1.18. The number of nitrogens with two attached hydrogens (primary N) is 1. The van der Waals surface area contributed by atoms with Crippen LogP contribution >= 0.6 is 0 Å². The van der Waals surface area contributed by atoms with Crippen LogP contribution in [0.1, 0.15) is 31.2 Å². The van der Waals surface area contributed by atoms with Gasteiger partial charge in [0.1, 0.15) is 5.82 Å². The molecule has 0 radical (unpaired) electrons. The third-order valence-corrected chi connectivity index (χ3v) is 5.26. The van der Waals surface area contributed by atoms with E-state index in [1.54, 1.807) is 0 Å². The maximum Gasteiger partial charge on any atom is 0.241 e. The van der Waals surface area contributed by atoms with Crippen molar-refractivity contribution in [2.45, 2.75) is 49.6 Å². The zero-order valence-corrected chi connectivity index (χ0v) is 12.1. The first-order chi connectivity index (χ1) is 9.31. The molecule has 0 heterocycles. The second-order valence-electron chi connectivity index (χ2n) is 5.21. The number of rotatable bonds is 3. The summed E-state index contributed by atoms with van der Waals surface area (Å²) in [6.07, 6.45) is 2.17. The molecule has 1 aliphatic carbocycles. The predicted molar refractivity (Wildman–Crippen MR) is 74.1 cm³/mol. The molecule has 20 heavy (non-hydrogen) atoms. The number of sulfonamides is 1. The maximum atomic E-state index is 13.6. The van der Waals surface area contributed by atoms with E-state index in [2.05, 4.69) is 4.72 Å². The van der Waals surface area contributed by atoms with Gasteiger partial charge < -0.3 is 10.8 Å². The topological polar surface area (TPSA) is 92.4 Å². The lowest BCUT2D eigenvalue weighted by Gasteiger charge is -2.28. The summed E-state index contributed by atoms with van der Waals surface area (Å²) in [5.41, 5.74) is 5.58. The van der Waals surface area contributed by atoms with Gasteiger partial charge in [-0.05, 0) is 31.9 Å². The Bertz CT molecular complexity index is 604. The Kier molecular flexibility index (Phi) is 4.31. The summed E-state index contributed by atoms with van der Waals surface area (Å²) in [6.45, 7) is 1.39. The minimum absolute atomic E-state index is 0.0250. The molecule has 0 bridgehead atoms. The molecule has 112 valence electrons. The van der Waals surface area contributed by atoms with Gasteiger partial charge in [0.05, 0.1) is 11.0 Å². The van der Waals surface area contributed by atoms with Crippen molar-refractivity contribution in [1.29, 1.82) is 0 Å². The van der Waals surface area contributed by atoms with E-state index < -0.39 is 28.0 Å². The van der Waals surface area contributed by atoms with E-state index >= 15 is 0 Å². The van der Waals surface area contributed by atoms with E-state index in [-0.39, 0.29) is 16.1 Å². The third-order valence-electron chi connectivity index (χ3n) is 3.64. The number of aliphatic hydroxyl groups is 1. The normalized spacial score (nSPS) is 23.8. The van der Waals surface area contributed by atoms with Crippen molar-refractivity contribution in [3.63, 3.8) is 0 Å². The molecule has 0 amide bonds. The smallest absolute Gasteiger partial charge is 0.241 e. The molecule has 0 spiro atoms. The molecule has 0 aliphatic heterocycles. The molecule has 1 aromatic carbocycles. The molecule has 1 aromatic rings. The molecule has 1 saturated carbocycles. The highest BCUT2D eigenvalue weighted by Gasteiger charge is 2.29. The Balaban J connectivity index is 2.31. The summed E-state index contributed by atoms with van der Waals surface area (Å²) >= 11 is 0. The zero-order valence-electron chi connectivity index (χ0n) is 11.3. The highest BCUT2D eigenvalue weighted by Crippen LogP contribution is 2.24. The number of nitrogens with one attached hydrogen (secondary N) is 1. The lowest BCUT2D eigenvalue weighted by molar-refractivity contribution is 0.101. The van der Waals surface area contributed by atoms with Crippen molar-refractivity contribution < 1.29 is 17.9 Å². The molecule has 4 N–H and O–H groups in total. The number of aliphatic hydroxyl groups excluding tert-OH is 1. The first-order valence-electron chi connectivity index (χ1n) is 6.57. The van der Waals surface area contributed by atoms with Crippen LogP contribution < -0.4 is 10.5 Å². The average Bonchev–Trinajstić information content (AvgIpc) is 2.36. The first kappa shape index (κ1) is 15.2. The first-order valence-corrected chi connectivity index (χ1v) is 8.05. The van der Waals surface area contributed by atoms with Gasteiger partial charge in [0.2, 0.25) is 10.0 Å². The van der Waals surface area contributed by atoms with Crippen molar-refractivity contribution in [3.05, 3.63) is 23.5 Å². The highest BCUT2D eigenvalue weighted by atomic mass is 32.2. The fourth-order valence-corrected chi connectivity index (χ4v) is 4.06. The van der Waals surface area contributed by atoms with Gasteiger partial charge in [0.25, 0.3) is 0 Å². The molecule has 2 rings (SSSR count). The quantitative estimate of drug-likeness (QED) is 0.734. The van der Waals surface area contributed by atoms with Crippen LogP contribution in [0, 0.1) is 12.7 Å². The van der Waals surface area contributed by atoms with E-state index in [0.29, 0.717) is 12.8 Å². The van der Waals surface area contributed by atoms with Crippen LogP contribution in [0.4, 0.5) is 10.1 Å². The van der Waals surface area contributed by atoms with Crippen LogP contribution in [0.2, 0.25) is 0 Å².